The number of thiophene rings is 1. The lowest BCUT2D eigenvalue weighted by atomic mass is 10.2. The zero-order chi connectivity index (χ0) is 13.3. The van der Waals surface area contributed by atoms with E-state index in [-0.39, 0.29) is 5.75 Å². The lowest BCUT2D eigenvalue weighted by Crippen LogP contribution is -2.06. The van der Waals surface area contributed by atoms with Gasteiger partial charge in [0.2, 0.25) is 0 Å². The van der Waals surface area contributed by atoms with Gasteiger partial charge >= 0.3 is 0 Å². The van der Waals surface area contributed by atoms with Crippen LogP contribution in [-0.2, 0) is 15.6 Å². The molecule has 0 fully saturated rings. The molecule has 1 heterocycles. The first-order valence-corrected chi connectivity index (χ1v) is 8.48. The molecule has 0 aliphatic rings. The van der Waals surface area contributed by atoms with E-state index in [4.69, 9.17) is 5.73 Å². The standard InChI is InChI=1S/C12H12BrNO2S2/c1-8-6-9(14)2-4-11(8)18(15,16)7-10-3-5-12(13)17-10/h2-6H,7,14H2,1H3. The van der Waals surface area contributed by atoms with Gasteiger partial charge in [0.05, 0.1) is 14.4 Å². The van der Waals surface area contributed by atoms with Gasteiger partial charge in [0.1, 0.15) is 0 Å². The van der Waals surface area contributed by atoms with Crippen LogP contribution in [0.25, 0.3) is 0 Å². The van der Waals surface area contributed by atoms with Crippen molar-refractivity contribution in [3.8, 4) is 0 Å². The number of nitrogens with two attached hydrogens (primary N) is 1. The Morgan fingerprint density at radius 2 is 2.00 bits per heavy atom. The molecule has 0 aliphatic carbocycles. The van der Waals surface area contributed by atoms with Gasteiger partial charge in [0.15, 0.2) is 9.84 Å². The maximum atomic E-state index is 12.3. The fraction of sp³-hybridized carbons (Fsp3) is 0.167. The van der Waals surface area contributed by atoms with Crippen molar-refractivity contribution in [1.82, 2.24) is 0 Å². The van der Waals surface area contributed by atoms with Gasteiger partial charge in [-0.05, 0) is 58.7 Å². The molecule has 1 aromatic carbocycles. The highest BCUT2D eigenvalue weighted by Crippen LogP contribution is 2.27. The fourth-order valence-corrected chi connectivity index (χ4v) is 5.15. The van der Waals surface area contributed by atoms with Crippen molar-refractivity contribution >= 4 is 42.8 Å². The number of anilines is 1. The summed E-state index contributed by atoms with van der Waals surface area (Å²) in [5.74, 6) is 0.0218. The van der Waals surface area contributed by atoms with Crippen molar-refractivity contribution in [3.05, 3.63) is 44.6 Å². The van der Waals surface area contributed by atoms with E-state index in [1.807, 2.05) is 12.1 Å². The number of hydrogen-bond donors (Lipinski definition) is 1. The van der Waals surface area contributed by atoms with Gasteiger partial charge in [-0.1, -0.05) is 0 Å². The van der Waals surface area contributed by atoms with Crippen molar-refractivity contribution < 1.29 is 8.42 Å². The maximum Gasteiger partial charge on any atom is 0.183 e. The second kappa shape index (κ2) is 5.03. The Labute approximate surface area is 119 Å². The van der Waals surface area contributed by atoms with Crippen molar-refractivity contribution in [1.29, 1.82) is 0 Å². The minimum absolute atomic E-state index is 0.0218. The fourth-order valence-electron chi connectivity index (χ4n) is 1.72. The van der Waals surface area contributed by atoms with Crippen LogP contribution in [0.1, 0.15) is 10.4 Å². The molecule has 18 heavy (non-hydrogen) atoms. The lowest BCUT2D eigenvalue weighted by Gasteiger charge is -2.07. The van der Waals surface area contributed by atoms with Crippen molar-refractivity contribution in [2.75, 3.05) is 5.73 Å². The molecule has 0 unspecified atom stereocenters. The Morgan fingerprint density at radius 1 is 1.28 bits per heavy atom. The van der Waals surface area contributed by atoms with Crippen molar-refractivity contribution in [2.24, 2.45) is 0 Å². The van der Waals surface area contributed by atoms with Crippen LogP contribution < -0.4 is 5.73 Å². The predicted molar refractivity (Wildman–Crippen MR) is 78.5 cm³/mol. The zero-order valence-electron chi connectivity index (χ0n) is 9.68. The van der Waals surface area contributed by atoms with Gasteiger partial charge in [0, 0.05) is 10.6 Å². The molecule has 0 atom stereocenters. The number of benzene rings is 1. The zero-order valence-corrected chi connectivity index (χ0v) is 12.9. The van der Waals surface area contributed by atoms with Gasteiger partial charge in [-0.2, -0.15) is 0 Å². The summed E-state index contributed by atoms with van der Waals surface area (Å²) in [5, 5.41) is 0. The van der Waals surface area contributed by atoms with E-state index in [2.05, 4.69) is 15.9 Å². The van der Waals surface area contributed by atoms with Crippen LogP contribution in [0.4, 0.5) is 5.69 Å². The molecular formula is C12H12BrNO2S2. The summed E-state index contributed by atoms with van der Waals surface area (Å²) >= 11 is 4.76. The first-order chi connectivity index (χ1) is 8.38. The summed E-state index contributed by atoms with van der Waals surface area (Å²) in [7, 11) is -3.31. The summed E-state index contributed by atoms with van der Waals surface area (Å²) in [6.45, 7) is 1.76. The Bertz CT molecular complexity index is 677. The van der Waals surface area contributed by atoms with Crippen LogP contribution in [0, 0.1) is 6.92 Å². The third kappa shape index (κ3) is 2.93. The molecule has 0 saturated heterocycles. The highest BCUT2D eigenvalue weighted by atomic mass is 79.9. The quantitative estimate of drug-likeness (QED) is 0.867. The molecule has 2 aromatic rings. The molecule has 3 nitrogen and oxygen atoms in total. The van der Waals surface area contributed by atoms with Gasteiger partial charge in [0.25, 0.3) is 0 Å². The van der Waals surface area contributed by atoms with E-state index in [0.29, 0.717) is 16.1 Å². The van der Waals surface area contributed by atoms with Crippen LogP contribution in [-0.4, -0.2) is 8.42 Å². The molecule has 0 spiro atoms. The van der Waals surface area contributed by atoms with Crippen molar-refractivity contribution in [3.63, 3.8) is 0 Å². The van der Waals surface area contributed by atoms with Crippen molar-refractivity contribution in [2.45, 2.75) is 17.6 Å². The Kier molecular flexibility index (Phi) is 3.79. The van der Waals surface area contributed by atoms with E-state index < -0.39 is 9.84 Å². The average Bonchev–Trinajstić information content (AvgIpc) is 2.62. The van der Waals surface area contributed by atoms with E-state index in [1.165, 1.54) is 11.3 Å². The molecule has 1 aromatic heterocycles. The second-order valence-corrected chi connectivity index (χ2v) is 8.50. The molecule has 0 saturated carbocycles. The van der Waals surface area contributed by atoms with Gasteiger partial charge in [-0.25, -0.2) is 8.42 Å². The molecule has 6 heteroatoms. The van der Waals surface area contributed by atoms with Gasteiger partial charge < -0.3 is 5.73 Å². The molecule has 96 valence electrons. The SMILES string of the molecule is Cc1cc(N)ccc1S(=O)(=O)Cc1ccc(Br)s1. The van der Waals surface area contributed by atoms with E-state index in [0.717, 1.165) is 8.66 Å². The van der Waals surface area contributed by atoms with Crippen LogP contribution in [0.5, 0.6) is 0 Å². The van der Waals surface area contributed by atoms with Crippen LogP contribution in [0.3, 0.4) is 0 Å². The first kappa shape index (κ1) is 13.6. The number of rotatable bonds is 3. The number of halogens is 1. The third-order valence-corrected chi connectivity index (χ3v) is 6.12. The van der Waals surface area contributed by atoms with Gasteiger partial charge in [-0.15, -0.1) is 11.3 Å². The topological polar surface area (TPSA) is 60.2 Å². The molecule has 0 amide bonds. The molecule has 2 rings (SSSR count). The van der Waals surface area contributed by atoms with E-state index >= 15 is 0 Å². The van der Waals surface area contributed by atoms with Crippen LogP contribution >= 0.6 is 27.3 Å². The highest BCUT2D eigenvalue weighted by molar-refractivity contribution is 9.11. The molecule has 0 bridgehead atoms. The first-order valence-electron chi connectivity index (χ1n) is 5.21. The monoisotopic (exact) mass is 345 g/mol. The molecule has 0 radical (unpaired) electrons. The minimum Gasteiger partial charge on any atom is -0.399 e. The normalized spacial score (nSPS) is 11.7. The number of sulfone groups is 1. The number of aryl methyl sites for hydroxylation is 1. The summed E-state index contributed by atoms with van der Waals surface area (Å²) < 4.78 is 25.5. The van der Waals surface area contributed by atoms with Gasteiger partial charge in [-0.3, -0.25) is 0 Å². The van der Waals surface area contributed by atoms with E-state index in [9.17, 15) is 8.42 Å². The Hall–Kier alpha value is -0.850. The summed E-state index contributed by atoms with van der Waals surface area (Å²) in [5.41, 5.74) is 6.89. The average molecular weight is 346 g/mol. The maximum absolute atomic E-state index is 12.3. The predicted octanol–water partition coefficient (Wildman–Crippen LogP) is 3.38. The van der Waals surface area contributed by atoms with Crippen LogP contribution in [0.2, 0.25) is 0 Å². The summed E-state index contributed by atoms with van der Waals surface area (Å²) in [4.78, 5) is 1.17. The largest absolute Gasteiger partial charge is 0.399 e. The highest BCUT2D eigenvalue weighted by Gasteiger charge is 2.18. The summed E-state index contributed by atoms with van der Waals surface area (Å²) in [6.07, 6.45) is 0. The molecule has 2 N–H and O–H groups in total. The van der Waals surface area contributed by atoms with E-state index in [1.54, 1.807) is 25.1 Å². The Balaban J connectivity index is 2.36. The Morgan fingerprint density at radius 3 is 2.56 bits per heavy atom. The molecular weight excluding hydrogens is 334 g/mol. The lowest BCUT2D eigenvalue weighted by molar-refractivity contribution is 0.595. The van der Waals surface area contributed by atoms with Crippen LogP contribution in [0.15, 0.2) is 39.0 Å². The second-order valence-electron chi connectivity index (χ2n) is 3.99. The third-order valence-electron chi connectivity index (χ3n) is 2.50. The molecule has 0 aliphatic heterocycles. The minimum atomic E-state index is -3.31. The smallest absolute Gasteiger partial charge is 0.183 e. The summed E-state index contributed by atoms with van der Waals surface area (Å²) in [6, 6.07) is 8.54. The number of nitrogen functional groups attached to an aromatic ring is 1. The number of hydrogen-bond acceptors (Lipinski definition) is 4.